The van der Waals surface area contributed by atoms with Crippen LogP contribution in [0.2, 0.25) is 0 Å². The van der Waals surface area contributed by atoms with Gasteiger partial charge in [-0.3, -0.25) is 4.79 Å². The Morgan fingerprint density at radius 3 is 2.72 bits per heavy atom. The standard InChI is InChI=1S/C12H10BrN3O2/c1-18-12-10(15-4-5-16-12)11(17)7-2-3-9(14)8(13)6-7/h2-6H,14H2,1H3. The first kappa shape index (κ1) is 12.5. The number of carbonyl (C=O) groups is 1. The first-order valence-corrected chi connectivity index (χ1v) is 5.87. The second-order valence-electron chi connectivity index (χ2n) is 3.48. The van der Waals surface area contributed by atoms with Gasteiger partial charge in [-0.05, 0) is 34.1 Å². The Bertz CT molecular complexity index is 602. The molecule has 2 rings (SSSR count). The molecule has 0 unspecified atom stereocenters. The van der Waals surface area contributed by atoms with Gasteiger partial charge in [-0.1, -0.05) is 0 Å². The van der Waals surface area contributed by atoms with Crippen molar-refractivity contribution in [3.8, 4) is 5.88 Å². The predicted molar refractivity (Wildman–Crippen MR) is 70.6 cm³/mol. The zero-order chi connectivity index (χ0) is 13.1. The monoisotopic (exact) mass is 307 g/mol. The summed E-state index contributed by atoms with van der Waals surface area (Å²) in [5.41, 5.74) is 6.89. The van der Waals surface area contributed by atoms with Crippen molar-refractivity contribution in [1.29, 1.82) is 0 Å². The number of nitrogen functional groups attached to an aromatic ring is 1. The summed E-state index contributed by atoms with van der Waals surface area (Å²) in [5.74, 6) is -0.0592. The summed E-state index contributed by atoms with van der Waals surface area (Å²) in [5, 5.41) is 0. The molecule has 1 aromatic heterocycles. The van der Waals surface area contributed by atoms with E-state index in [2.05, 4.69) is 25.9 Å². The molecule has 92 valence electrons. The van der Waals surface area contributed by atoms with E-state index < -0.39 is 0 Å². The van der Waals surface area contributed by atoms with E-state index in [0.717, 1.165) is 0 Å². The summed E-state index contributed by atoms with van der Waals surface area (Å²) < 4.78 is 5.67. The van der Waals surface area contributed by atoms with Crippen molar-refractivity contribution in [2.45, 2.75) is 0 Å². The first-order chi connectivity index (χ1) is 8.63. The number of nitrogens with zero attached hydrogens (tertiary/aromatic N) is 2. The third kappa shape index (κ3) is 2.33. The molecule has 0 amide bonds. The highest BCUT2D eigenvalue weighted by molar-refractivity contribution is 9.10. The lowest BCUT2D eigenvalue weighted by Crippen LogP contribution is -2.08. The Kier molecular flexibility index (Phi) is 3.57. The average Bonchev–Trinajstić information content (AvgIpc) is 2.41. The molecule has 0 aliphatic carbocycles. The maximum atomic E-state index is 12.2. The van der Waals surface area contributed by atoms with Gasteiger partial charge in [0.05, 0.1) is 7.11 Å². The van der Waals surface area contributed by atoms with Crippen LogP contribution in [0.4, 0.5) is 5.69 Å². The number of nitrogens with two attached hydrogens (primary N) is 1. The molecule has 1 aromatic carbocycles. The van der Waals surface area contributed by atoms with E-state index in [1.165, 1.54) is 19.5 Å². The fourth-order valence-corrected chi connectivity index (χ4v) is 1.81. The molecule has 0 aliphatic rings. The van der Waals surface area contributed by atoms with Gasteiger partial charge in [-0.25, -0.2) is 9.97 Å². The van der Waals surface area contributed by atoms with Gasteiger partial charge in [0.1, 0.15) is 0 Å². The SMILES string of the molecule is COc1nccnc1C(=O)c1ccc(N)c(Br)c1. The molecular formula is C12H10BrN3O2. The lowest BCUT2D eigenvalue weighted by atomic mass is 10.1. The van der Waals surface area contributed by atoms with E-state index in [-0.39, 0.29) is 17.4 Å². The summed E-state index contributed by atoms with van der Waals surface area (Å²) in [4.78, 5) is 20.2. The Hall–Kier alpha value is -1.95. The van der Waals surface area contributed by atoms with Crippen LogP contribution >= 0.6 is 15.9 Å². The van der Waals surface area contributed by atoms with E-state index in [1.807, 2.05) is 0 Å². The van der Waals surface area contributed by atoms with Crippen LogP contribution in [-0.4, -0.2) is 22.9 Å². The number of carbonyl (C=O) groups excluding carboxylic acids is 1. The second kappa shape index (κ2) is 5.14. The molecule has 0 fully saturated rings. The van der Waals surface area contributed by atoms with Crippen LogP contribution in [0.25, 0.3) is 0 Å². The third-order valence-corrected chi connectivity index (χ3v) is 3.02. The Labute approximate surface area is 112 Å². The number of ketones is 1. The fourth-order valence-electron chi connectivity index (χ4n) is 1.44. The number of hydrogen-bond donors (Lipinski definition) is 1. The molecule has 1 heterocycles. The minimum absolute atomic E-state index is 0.177. The number of benzene rings is 1. The van der Waals surface area contributed by atoms with Crippen LogP contribution in [0.5, 0.6) is 5.88 Å². The van der Waals surface area contributed by atoms with Gasteiger partial charge in [0.2, 0.25) is 11.7 Å². The molecule has 2 aromatic rings. The largest absolute Gasteiger partial charge is 0.479 e. The molecule has 0 aliphatic heterocycles. The number of ether oxygens (including phenoxy) is 1. The van der Waals surface area contributed by atoms with Gasteiger partial charge in [-0.15, -0.1) is 0 Å². The molecule has 0 saturated heterocycles. The summed E-state index contributed by atoms with van der Waals surface area (Å²) in [6.45, 7) is 0. The van der Waals surface area contributed by atoms with Crippen LogP contribution in [0.15, 0.2) is 35.1 Å². The van der Waals surface area contributed by atoms with E-state index >= 15 is 0 Å². The quantitative estimate of drug-likeness (QED) is 0.693. The van der Waals surface area contributed by atoms with Crippen molar-refractivity contribution in [3.63, 3.8) is 0 Å². The smallest absolute Gasteiger partial charge is 0.243 e. The van der Waals surface area contributed by atoms with E-state index in [4.69, 9.17) is 10.5 Å². The van der Waals surface area contributed by atoms with Gasteiger partial charge in [0, 0.05) is 28.1 Å². The lowest BCUT2D eigenvalue weighted by molar-refractivity contribution is 0.103. The molecule has 2 N–H and O–H groups in total. The average molecular weight is 308 g/mol. The highest BCUT2D eigenvalue weighted by atomic mass is 79.9. The van der Waals surface area contributed by atoms with Crippen LogP contribution in [0.1, 0.15) is 16.1 Å². The Morgan fingerprint density at radius 2 is 2.06 bits per heavy atom. The summed E-state index contributed by atoms with van der Waals surface area (Å²) >= 11 is 3.28. The molecule has 0 bridgehead atoms. The Morgan fingerprint density at radius 1 is 1.33 bits per heavy atom. The first-order valence-electron chi connectivity index (χ1n) is 5.08. The minimum atomic E-state index is -0.263. The highest BCUT2D eigenvalue weighted by Crippen LogP contribution is 2.23. The van der Waals surface area contributed by atoms with Gasteiger partial charge in [-0.2, -0.15) is 0 Å². The zero-order valence-corrected chi connectivity index (χ0v) is 11.1. The lowest BCUT2D eigenvalue weighted by Gasteiger charge is -2.06. The van der Waals surface area contributed by atoms with E-state index in [9.17, 15) is 4.79 Å². The normalized spacial score (nSPS) is 10.1. The minimum Gasteiger partial charge on any atom is -0.479 e. The Balaban J connectivity index is 2.44. The summed E-state index contributed by atoms with van der Waals surface area (Å²) in [7, 11) is 1.44. The summed E-state index contributed by atoms with van der Waals surface area (Å²) in [6, 6.07) is 4.93. The molecule has 18 heavy (non-hydrogen) atoms. The highest BCUT2D eigenvalue weighted by Gasteiger charge is 2.17. The molecular weight excluding hydrogens is 298 g/mol. The van der Waals surface area contributed by atoms with Crippen molar-refractivity contribution in [2.75, 3.05) is 12.8 Å². The molecule has 6 heteroatoms. The predicted octanol–water partition coefficient (Wildman–Crippen LogP) is 2.06. The van der Waals surface area contributed by atoms with Gasteiger partial charge < -0.3 is 10.5 Å². The van der Waals surface area contributed by atoms with Crippen LogP contribution < -0.4 is 10.5 Å². The van der Waals surface area contributed by atoms with Crippen molar-refractivity contribution in [3.05, 3.63) is 46.3 Å². The van der Waals surface area contributed by atoms with Crippen molar-refractivity contribution in [1.82, 2.24) is 9.97 Å². The number of rotatable bonds is 3. The van der Waals surface area contributed by atoms with Gasteiger partial charge >= 0.3 is 0 Å². The number of hydrogen-bond acceptors (Lipinski definition) is 5. The van der Waals surface area contributed by atoms with Crippen molar-refractivity contribution >= 4 is 27.4 Å². The van der Waals surface area contributed by atoms with Crippen LogP contribution in [-0.2, 0) is 0 Å². The topological polar surface area (TPSA) is 78.1 Å². The van der Waals surface area contributed by atoms with Crippen LogP contribution in [0.3, 0.4) is 0 Å². The maximum absolute atomic E-state index is 12.2. The number of halogens is 1. The molecule has 0 radical (unpaired) electrons. The second-order valence-corrected chi connectivity index (χ2v) is 4.33. The molecule has 0 saturated carbocycles. The van der Waals surface area contributed by atoms with Gasteiger partial charge in [0.15, 0.2) is 5.69 Å². The fraction of sp³-hybridized carbons (Fsp3) is 0.0833. The van der Waals surface area contributed by atoms with E-state index in [0.29, 0.717) is 15.7 Å². The molecule has 0 atom stereocenters. The number of methoxy groups -OCH3 is 1. The van der Waals surface area contributed by atoms with Crippen LogP contribution in [0, 0.1) is 0 Å². The van der Waals surface area contributed by atoms with Gasteiger partial charge in [0.25, 0.3) is 0 Å². The zero-order valence-electron chi connectivity index (χ0n) is 9.55. The summed E-state index contributed by atoms with van der Waals surface area (Å²) in [6.07, 6.45) is 2.91. The van der Waals surface area contributed by atoms with E-state index in [1.54, 1.807) is 18.2 Å². The van der Waals surface area contributed by atoms with Crippen molar-refractivity contribution < 1.29 is 9.53 Å². The third-order valence-electron chi connectivity index (χ3n) is 2.34. The maximum Gasteiger partial charge on any atom is 0.243 e. The number of anilines is 1. The molecule has 0 spiro atoms. The number of aromatic nitrogens is 2. The van der Waals surface area contributed by atoms with Crippen molar-refractivity contribution in [2.24, 2.45) is 0 Å². The molecule has 5 nitrogen and oxygen atoms in total.